The number of hydrogen-bond acceptors (Lipinski definition) is 3. The van der Waals surface area contributed by atoms with E-state index in [0.717, 1.165) is 18.9 Å². The second kappa shape index (κ2) is 4.28. The van der Waals surface area contributed by atoms with Gasteiger partial charge in [-0.3, -0.25) is 4.79 Å². The van der Waals surface area contributed by atoms with Gasteiger partial charge in [0.2, 0.25) is 5.91 Å². The average molecular weight is 198 g/mol. The lowest BCUT2D eigenvalue weighted by molar-refractivity contribution is -0.117. The number of primary amides is 1. The van der Waals surface area contributed by atoms with E-state index in [0.29, 0.717) is 25.1 Å². The van der Waals surface area contributed by atoms with Crippen LogP contribution in [-0.4, -0.2) is 31.2 Å². The van der Waals surface area contributed by atoms with E-state index >= 15 is 0 Å². The minimum absolute atomic E-state index is 0.237. The van der Waals surface area contributed by atoms with Crippen molar-refractivity contribution in [1.82, 2.24) is 5.32 Å². The van der Waals surface area contributed by atoms with Crippen LogP contribution in [0.1, 0.15) is 25.7 Å². The Morgan fingerprint density at radius 1 is 1.43 bits per heavy atom. The quantitative estimate of drug-likeness (QED) is 0.654. The summed E-state index contributed by atoms with van der Waals surface area (Å²) in [5.74, 6) is 0.531. The highest BCUT2D eigenvalue weighted by atomic mass is 16.5. The first-order valence-electron chi connectivity index (χ1n) is 5.40. The molecule has 1 aliphatic carbocycles. The van der Waals surface area contributed by atoms with Gasteiger partial charge in [-0.05, 0) is 25.2 Å². The van der Waals surface area contributed by atoms with Crippen molar-refractivity contribution in [2.75, 3.05) is 13.2 Å². The first kappa shape index (κ1) is 9.93. The second-order valence-corrected chi connectivity index (χ2v) is 4.24. The Labute approximate surface area is 84.2 Å². The summed E-state index contributed by atoms with van der Waals surface area (Å²) in [7, 11) is 0. The maximum atomic E-state index is 10.6. The minimum atomic E-state index is -0.237. The standard InChI is InChI=1S/C10H18N2O2/c11-9(13)3-5-12-8-4-6-14-10(8)7-1-2-7/h7-8,10,12H,1-6H2,(H2,11,13). The molecule has 80 valence electrons. The van der Waals surface area contributed by atoms with Crippen LogP contribution >= 0.6 is 0 Å². The molecule has 2 rings (SSSR count). The topological polar surface area (TPSA) is 64.4 Å². The molecule has 0 radical (unpaired) electrons. The summed E-state index contributed by atoms with van der Waals surface area (Å²) in [5.41, 5.74) is 5.07. The Hall–Kier alpha value is -0.610. The van der Waals surface area contributed by atoms with Gasteiger partial charge in [0.05, 0.1) is 6.10 Å². The smallest absolute Gasteiger partial charge is 0.218 e. The third kappa shape index (κ3) is 2.45. The summed E-state index contributed by atoms with van der Waals surface area (Å²) in [6.45, 7) is 1.54. The summed E-state index contributed by atoms with van der Waals surface area (Å²) in [6, 6.07) is 0.446. The van der Waals surface area contributed by atoms with Crippen LogP contribution in [-0.2, 0) is 9.53 Å². The SMILES string of the molecule is NC(=O)CCNC1CCOC1C1CC1. The van der Waals surface area contributed by atoms with Gasteiger partial charge in [-0.1, -0.05) is 0 Å². The largest absolute Gasteiger partial charge is 0.376 e. The van der Waals surface area contributed by atoms with Crippen LogP contribution in [0.4, 0.5) is 0 Å². The van der Waals surface area contributed by atoms with Crippen LogP contribution in [0.3, 0.4) is 0 Å². The molecule has 1 saturated heterocycles. The minimum Gasteiger partial charge on any atom is -0.376 e. The van der Waals surface area contributed by atoms with Crippen LogP contribution in [0, 0.1) is 5.92 Å². The summed E-state index contributed by atoms with van der Waals surface area (Å²) in [5, 5.41) is 3.36. The van der Waals surface area contributed by atoms with E-state index in [1.807, 2.05) is 0 Å². The van der Waals surface area contributed by atoms with Gasteiger partial charge in [-0.25, -0.2) is 0 Å². The molecule has 2 atom stereocenters. The zero-order chi connectivity index (χ0) is 9.97. The van der Waals surface area contributed by atoms with Gasteiger partial charge in [-0.15, -0.1) is 0 Å². The third-order valence-electron chi connectivity index (χ3n) is 3.00. The molecule has 1 heterocycles. The predicted octanol–water partition coefficient (Wildman–Crippen LogP) is 0.0189. The molecular weight excluding hydrogens is 180 g/mol. The van der Waals surface area contributed by atoms with Crippen molar-refractivity contribution in [3.8, 4) is 0 Å². The zero-order valence-electron chi connectivity index (χ0n) is 8.37. The Morgan fingerprint density at radius 2 is 2.21 bits per heavy atom. The summed E-state index contributed by atoms with van der Waals surface area (Å²) < 4.78 is 5.67. The molecule has 3 N–H and O–H groups in total. The van der Waals surface area contributed by atoms with E-state index < -0.39 is 0 Å². The normalized spacial score (nSPS) is 32.0. The zero-order valence-corrected chi connectivity index (χ0v) is 8.37. The molecule has 0 aromatic rings. The Balaban J connectivity index is 1.70. The van der Waals surface area contributed by atoms with Crippen molar-refractivity contribution in [1.29, 1.82) is 0 Å². The van der Waals surface area contributed by atoms with E-state index in [2.05, 4.69) is 5.32 Å². The highest BCUT2D eigenvalue weighted by Gasteiger charge is 2.40. The van der Waals surface area contributed by atoms with Crippen molar-refractivity contribution in [3.05, 3.63) is 0 Å². The van der Waals surface area contributed by atoms with Crippen LogP contribution in [0.2, 0.25) is 0 Å². The lowest BCUT2D eigenvalue weighted by Gasteiger charge is -2.18. The molecule has 0 aromatic carbocycles. The number of ether oxygens (including phenoxy) is 1. The van der Waals surface area contributed by atoms with E-state index in [4.69, 9.17) is 10.5 Å². The van der Waals surface area contributed by atoms with E-state index in [1.165, 1.54) is 12.8 Å². The second-order valence-electron chi connectivity index (χ2n) is 4.24. The van der Waals surface area contributed by atoms with Gasteiger partial charge >= 0.3 is 0 Å². The van der Waals surface area contributed by atoms with Gasteiger partial charge in [0.25, 0.3) is 0 Å². The lowest BCUT2D eigenvalue weighted by atomic mass is 10.1. The molecule has 2 unspecified atom stereocenters. The van der Waals surface area contributed by atoms with Crippen LogP contribution in [0.5, 0.6) is 0 Å². The first-order valence-corrected chi connectivity index (χ1v) is 5.40. The van der Waals surface area contributed by atoms with Gasteiger partial charge < -0.3 is 15.8 Å². The van der Waals surface area contributed by atoms with Crippen molar-refractivity contribution in [3.63, 3.8) is 0 Å². The van der Waals surface area contributed by atoms with Crippen molar-refractivity contribution >= 4 is 5.91 Å². The fourth-order valence-corrected chi connectivity index (χ4v) is 2.10. The number of amides is 1. The van der Waals surface area contributed by atoms with E-state index in [9.17, 15) is 4.79 Å². The van der Waals surface area contributed by atoms with Crippen LogP contribution in [0.15, 0.2) is 0 Å². The number of hydrogen-bond donors (Lipinski definition) is 2. The molecule has 14 heavy (non-hydrogen) atoms. The predicted molar refractivity (Wildman–Crippen MR) is 52.7 cm³/mol. The summed E-state index contributed by atoms with van der Waals surface area (Å²) in [4.78, 5) is 10.6. The fraction of sp³-hybridized carbons (Fsp3) is 0.900. The van der Waals surface area contributed by atoms with Crippen LogP contribution in [0.25, 0.3) is 0 Å². The molecule has 1 aliphatic heterocycles. The average Bonchev–Trinajstić information content (AvgIpc) is 2.87. The monoisotopic (exact) mass is 198 g/mol. The maximum absolute atomic E-state index is 10.6. The highest BCUT2D eigenvalue weighted by molar-refractivity contribution is 5.73. The molecule has 0 spiro atoms. The Kier molecular flexibility index (Phi) is 3.03. The number of nitrogens with two attached hydrogens (primary N) is 1. The van der Waals surface area contributed by atoms with Gasteiger partial charge in [-0.2, -0.15) is 0 Å². The molecule has 1 saturated carbocycles. The Bertz CT molecular complexity index is 216. The van der Waals surface area contributed by atoms with Gasteiger partial charge in [0.15, 0.2) is 0 Å². The molecule has 4 nitrogen and oxygen atoms in total. The fourth-order valence-electron chi connectivity index (χ4n) is 2.10. The van der Waals surface area contributed by atoms with E-state index in [1.54, 1.807) is 0 Å². The summed E-state index contributed by atoms with van der Waals surface area (Å²) >= 11 is 0. The van der Waals surface area contributed by atoms with Crippen molar-refractivity contribution in [2.45, 2.75) is 37.8 Å². The number of rotatable bonds is 5. The van der Waals surface area contributed by atoms with Crippen molar-refractivity contribution in [2.24, 2.45) is 11.7 Å². The van der Waals surface area contributed by atoms with Gasteiger partial charge in [0.1, 0.15) is 0 Å². The Morgan fingerprint density at radius 3 is 2.86 bits per heavy atom. The molecule has 0 aromatic heterocycles. The molecule has 4 heteroatoms. The molecule has 0 bridgehead atoms. The highest BCUT2D eigenvalue weighted by Crippen LogP contribution is 2.38. The number of carbonyl (C=O) groups is 1. The molecule has 1 amide bonds. The maximum Gasteiger partial charge on any atom is 0.218 e. The number of nitrogens with one attached hydrogen (secondary N) is 1. The van der Waals surface area contributed by atoms with Gasteiger partial charge in [0, 0.05) is 25.6 Å². The number of carbonyl (C=O) groups excluding carboxylic acids is 1. The molecular formula is C10H18N2O2. The lowest BCUT2D eigenvalue weighted by Crippen LogP contribution is -2.39. The third-order valence-corrected chi connectivity index (χ3v) is 3.00. The first-order chi connectivity index (χ1) is 6.77. The van der Waals surface area contributed by atoms with Crippen LogP contribution < -0.4 is 11.1 Å². The summed E-state index contributed by atoms with van der Waals surface area (Å²) in [6.07, 6.45) is 4.49. The molecule has 2 aliphatic rings. The molecule has 2 fully saturated rings. The van der Waals surface area contributed by atoms with Crippen molar-refractivity contribution < 1.29 is 9.53 Å². The van der Waals surface area contributed by atoms with E-state index in [-0.39, 0.29) is 5.91 Å².